The van der Waals surface area contributed by atoms with Crippen LogP contribution < -0.4 is 16.4 Å². The van der Waals surface area contributed by atoms with E-state index < -0.39 is 12.1 Å². The fourth-order valence-corrected chi connectivity index (χ4v) is 3.06. The number of nitrogens with one attached hydrogen (secondary N) is 2. The van der Waals surface area contributed by atoms with Crippen molar-refractivity contribution >= 4 is 12.1 Å². The van der Waals surface area contributed by atoms with Gasteiger partial charge in [-0.15, -0.1) is 0 Å². The number of nitrogens with two attached hydrogens (primary N) is 1. The fourth-order valence-electron chi connectivity index (χ4n) is 3.06. The van der Waals surface area contributed by atoms with Crippen LogP contribution in [-0.4, -0.2) is 40.8 Å². The van der Waals surface area contributed by atoms with Crippen molar-refractivity contribution in [3.63, 3.8) is 0 Å². The Morgan fingerprint density at radius 3 is 2.56 bits per heavy atom. The Morgan fingerprint density at radius 2 is 1.96 bits per heavy atom. The van der Waals surface area contributed by atoms with Crippen LogP contribution in [0.5, 0.6) is 0 Å². The summed E-state index contributed by atoms with van der Waals surface area (Å²) in [7, 11) is 0. The number of carbonyl (C=O) groups is 2. The van der Waals surface area contributed by atoms with Crippen LogP contribution in [0.2, 0.25) is 0 Å². The number of carboxylic acid groups (broad SMARTS) is 1. The normalized spacial score (nSPS) is 19.9. The van der Waals surface area contributed by atoms with Gasteiger partial charge in [0.1, 0.15) is 17.8 Å². The van der Waals surface area contributed by atoms with Gasteiger partial charge in [0.25, 0.3) is 0 Å². The number of hydrogen-bond donors (Lipinski definition) is 4. The second kappa shape index (κ2) is 9.11. The Balaban J connectivity index is 2.03. The number of allylic oxidation sites excluding steroid dienone is 2. The summed E-state index contributed by atoms with van der Waals surface area (Å²) in [6.07, 6.45) is 0.436. The van der Waals surface area contributed by atoms with Gasteiger partial charge in [-0.05, 0) is 24.8 Å². The van der Waals surface area contributed by atoms with Gasteiger partial charge in [0.15, 0.2) is 5.70 Å². The molecule has 9 heteroatoms. The summed E-state index contributed by atoms with van der Waals surface area (Å²) in [4.78, 5) is 25.0. The number of piperidine rings is 1. The Labute approximate surface area is 156 Å². The van der Waals surface area contributed by atoms with Crippen LogP contribution in [0.25, 0.3) is 0 Å². The molecule has 27 heavy (non-hydrogen) atoms. The number of urea groups is 1. The van der Waals surface area contributed by atoms with Crippen LogP contribution in [0.4, 0.5) is 9.59 Å². The average Bonchev–Trinajstić information content (AvgIpc) is 2.66. The summed E-state index contributed by atoms with van der Waals surface area (Å²) in [6.45, 7) is 0.291. The highest BCUT2D eigenvalue weighted by molar-refractivity contribution is 5.77. The second-order valence-electron chi connectivity index (χ2n) is 6.15. The first kappa shape index (κ1) is 19.6. The van der Waals surface area contributed by atoms with Crippen LogP contribution in [0, 0.1) is 22.7 Å². The summed E-state index contributed by atoms with van der Waals surface area (Å²) >= 11 is 0. The Bertz CT molecular complexity index is 809. The summed E-state index contributed by atoms with van der Waals surface area (Å²) < 4.78 is 0. The molecule has 1 aromatic rings. The first-order valence-corrected chi connectivity index (χ1v) is 8.35. The predicted octanol–water partition coefficient (Wildman–Crippen LogP) is 1.26. The van der Waals surface area contributed by atoms with E-state index in [-0.39, 0.29) is 23.5 Å². The SMILES string of the molecule is N#C/C(N)=C(\C#N)NC(=O)NC1CCN(C(=O)O)C(Cc2ccccc2)C1. The van der Waals surface area contributed by atoms with Crippen LogP contribution in [0.15, 0.2) is 41.7 Å². The summed E-state index contributed by atoms with van der Waals surface area (Å²) in [5.41, 5.74) is 5.66. The number of hydrogen-bond acceptors (Lipinski definition) is 5. The van der Waals surface area contributed by atoms with Gasteiger partial charge in [0.05, 0.1) is 0 Å². The third-order valence-electron chi connectivity index (χ3n) is 4.35. The minimum Gasteiger partial charge on any atom is -0.465 e. The van der Waals surface area contributed by atoms with E-state index >= 15 is 0 Å². The van der Waals surface area contributed by atoms with Crippen molar-refractivity contribution in [2.75, 3.05) is 6.54 Å². The molecule has 1 aliphatic rings. The molecule has 2 atom stereocenters. The highest BCUT2D eigenvalue weighted by Crippen LogP contribution is 2.21. The zero-order chi connectivity index (χ0) is 19.8. The Hall–Kier alpha value is -3.72. The molecule has 3 amide bonds. The molecule has 9 nitrogen and oxygen atoms in total. The Morgan fingerprint density at radius 1 is 1.26 bits per heavy atom. The first-order valence-electron chi connectivity index (χ1n) is 8.35. The van der Waals surface area contributed by atoms with E-state index in [1.807, 2.05) is 30.3 Å². The molecule has 1 heterocycles. The van der Waals surface area contributed by atoms with Gasteiger partial charge < -0.3 is 21.1 Å². The summed E-state index contributed by atoms with van der Waals surface area (Å²) in [5.74, 6) is 0. The fraction of sp³-hybridized carbons (Fsp3) is 0.333. The molecule has 0 aliphatic carbocycles. The molecular formula is C18H20N6O3. The van der Waals surface area contributed by atoms with Gasteiger partial charge in [-0.3, -0.25) is 5.32 Å². The molecule has 0 saturated carbocycles. The van der Waals surface area contributed by atoms with Crippen LogP contribution in [0.1, 0.15) is 18.4 Å². The van der Waals surface area contributed by atoms with Crippen molar-refractivity contribution in [1.82, 2.24) is 15.5 Å². The minimum atomic E-state index is -0.990. The molecule has 2 unspecified atom stereocenters. The van der Waals surface area contributed by atoms with E-state index in [9.17, 15) is 14.7 Å². The molecule has 1 aliphatic heterocycles. The van der Waals surface area contributed by atoms with E-state index in [1.54, 1.807) is 12.1 Å². The van der Waals surface area contributed by atoms with Crippen molar-refractivity contribution in [3.05, 3.63) is 47.3 Å². The van der Waals surface area contributed by atoms with Crippen molar-refractivity contribution in [1.29, 1.82) is 10.5 Å². The Kier molecular flexibility index (Phi) is 6.61. The van der Waals surface area contributed by atoms with Gasteiger partial charge in [-0.1, -0.05) is 30.3 Å². The number of nitriles is 2. The lowest BCUT2D eigenvalue weighted by molar-refractivity contribution is 0.0977. The lowest BCUT2D eigenvalue weighted by Gasteiger charge is -2.38. The van der Waals surface area contributed by atoms with Crippen molar-refractivity contribution in [2.24, 2.45) is 5.73 Å². The van der Waals surface area contributed by atoms with E-state index in [0.717, 1.165) is 5.56 Å². The second-order valence-corrected chi connectivity index (χ2v) is 6.15. The van der Waals surface area contributed by atoms with E-state index in [1.165, 1.54) is 4.90 Å². The number of amides is 3. The van der Waals surface area contributed by atoms with Gasteiger partial charge in [-0.2, -0.15) is 10.5 Å². The molecule has 5 N–H and O–H groups in total. The molecule has 2 rings (SSSR count). The number of likely N-dealkylation sites (tertiary alicyclic amines) is 1. The molecule has 140 valence electrons. The van der Waals surface area contributed by atoms with Gasteiger partial charge in [0, 0.05) is 18.6 Å². The lowest BCUT2D eigenvalue weighted by atomic mass is 9.92. The maximum absolute atomic E-state index is 12.1. The number of carbonyl (C=O) groups excluding carboxylic acids is 1. The average molecular weight is 368 g/mol. The van der Waals surface area contributed by atoms with Gasteiger partial charge >= 0.3 is 12.1 Å². The monoisotopic (exact) mass is 368 g/mol. The van der Waals surface area contributed by atoms with E-state index in [4.69, 9.17) is 16.3 Å². The molecule has 1 saturated heterocycles. The van der Waals surface area contributed by atoms with Crippen molar-refractivity contribution < 1.29 is 14.7 Å². The number of benzene rings is 1. The predicted molar refractivity (Wildman–Crippen MR) is 95.8 cm³/mol. The topological polar surface area (TPSA) is 155 Å². The third kappa shape index (κ3) is 5.38. The smallest absolute Gasteiger partial charge is 0.407 e. The molecule has 1 aromatic carbocycles. The highest BCUT2D eigenvalue weighted by atomic mass is 16.4. The zero-order valence-corrected chi connectivity index (χ0v) is 14.6. The largest absolute Gasteiger partial charge is 0.465 e. The standard InChI is InChI=1S/C18H20N6O3/c19-10-15(21)16(11-20)23-17(25)22-13-6-7-24(18(26)27)14(9-13)8-12-4-2-1-3-5-12/h1-5,13-14H,6-9,21H2,(H,26,27)(H2,22,23,25)/b16-15-. The molecule has 0 aromatic heterocycles. The third-order valence-corrected chi connectivity index (χ3v) is 4.35. The summed E-state index contributed by atoms with van der Waals surface area (Å²) in [6, 6.07) is 11.6. The lowest BCUT2D eigenvalue weighted by Crippen LogP contribution is -2.53. The van der Waals surface area contributed by atoms with Crippen LogP contribution in [0.3, 0.4) is 0 Å². The first-order chi connectivity index (χ1) is 12.9. The van der Waals surface area contributed by atoms with Gasteiger partial charge in [-0.25, -0.2) is 9.59 Å². The van der Waals surface area contributed by atoms with Gasteiger partial charge in [0.2, 0.25) is 0 Å². The summed E-state index contributed by atoms with van der Waals surface area (Å²) in [5, 5.41) is 32.0. The molecule has 0 spiro atoms. The van der Waals surface area contributed by atoms with E-state index in [2.05, 4.69) is 10.6 Å². The molecule has 0 bridgehead atoms. The van der Waals surface area contributed by atoms with Crippen molar-refractivity contribution in [2.45, 2.75) is 31.3 Å². The maximum atomic E-state index is 12.1. The molecule has 1 fully saturated rings. The zero-order valence-electron chi connectivity index (χ0n) is 14.6. The minimum absolute atomic E-state index is 0.266. The number of nitrogens with zero attached hydrogens (tertiary/aromatic N) is 3. The quantitative estimate of drug-likeness (QED) is 0.586. The van der Waals surface area contributed by atoms with Crippen LogP contribution >= 0.6 is 0 Å². The van der Waals surface area contributed by atoms with Crippen LogP contribution in [-0.2, 0) is 6.42 Å². The molecular weight excluding hydrogens is 348 g/mol. The highest BCUT2D eigenvalue weighted by Gasteiger charge is 2.32. The molecule has 0 radical (unpaired) electrons. The van der Waals surface area contributed by atoms with Crippen molar-refractivity contribution in [3.8, 4) is 12.1 Å². The maximum Gasteiger partial charge on any atom is 0.407 e. The van der Waals surface area contributed by atoms with E-state index in [0.29, 0.717) is 25.8 Å². The number of rotatable bonds is 4.